The van der Waals surface area contributed by atoms with Crippen LogP contribution in [0.5, 0.6) is 0 Å². The third-order valence-electron chi connectivity index (χ3n) is 3.67. The zero-order valence-corrected chi connectivity index (χ0v) is 9.71. The van der Waals surface area contributed by atoms with E-state index in [2.05, 4.69) is 34.9 Å². The summed E-state index contributed by atoms with van der Waals surface area (Å²) < 4.78 is 0. The second-order valence-corrected chi connectivity index (χ2v) is 5.07. The lowest BCUT2D eigenvalue weighted by Gasteiger charge is -2.26. The van der Waals surface area contributed by atoms with Crippen molar-refractivity contribution in [2.75, 3.05) is 6.54 Å². The standard InChI is InChI=1S/C14H20N2/c1-2-4-12-10-16-14(9-11(12)3-1)7-8-15-13-5-6-13/h1-4,13-16H,5-10H2. The molecule has 2 heteroatoms. The van der Waals surface area contributed by atoms with Crippen LogP contribution in [0.25, 0.3) is 0 Å². The van der Waals surface area contributed by atoms with Crippen molar-refractivity contribution in [3.63, 3.8) is 0 Å². The van der Waals surface area contributed by atoms with Gasteiger partial charge in [0.15, 0.2) is 0 Å². The van der Waals surface area contributed by atoms with Gasteiger partial charge in [-0.05, 0) is 43.4 Å². The normalized spacial score (nSPS) is 24.1. The molecule has 1 saturated carbocycles. The van der Waals surface area contributed by atoms with Gasteiger partial charge in [0.2, 0.25) is 0 Å². The van der Waals surface area contributed by atoms with Gasteiger partial charge >= 0.3 is 0 Å². The fourth-order valence-corrected chi connectivity index (χ4v) is 2.47. The first-order chi connectivity index (χ1) is 7.92. The summed E-state index contributed by atoms with van der Waals surface area (Å²) in [6.45, 7) is 2.22. The highest BCUT2D eigenvalue weighted by molar-refractivity contribution is 5.29. The first-order valence-electron chi connectivity index (χ1n) is 6.45. The molecule has 2 nitrogen and oxygen atoms in total. The molecule has 1 aromatic carbocycles. The van der Waals surface area contributed by atoms with Crippen LogP contribution in [0.15, 0.2) is 24.3 Å². The van der Waals surface area contributed by atoms with Crippen LogP contribution in [0.2, 0.25) is 0 Å². The Morgan fingerprint density at radius 3 is 2.81 bits per heavy atom. The molecule has 1 heterocycles. The molecular weight excluding hydrogens is 196 g/mol. The van der Waals surface area contributed by atoms with Crippen LogP contribution in [0.3, 0.4) is 0 Å². The zero-order valence-electron chi connectivity index (χ0n) is 9.71. The van der Waals surface area contributed by atoms with Gasteiger partial charge in [-0.15, -0.1) is 0 Å². The van der Waals surface area contributed by atoms with Crippen LogP contribution in [0.4, 0.5) is 0 Å². The quantitative estimate of drug-likeness (QED) is 0.802. The third-order valence-corrected chi connectivity index (χ3v) is 3.67. The largest absolute Gasteiger partial charge is 0.314 e. The average Bonchev–Trinajstić information content (AvgIpc) is 3.13. The van der Waals surface area contributed by atoms with Gasteiger partial charge < -0.3 is 10.6 Å². The van der Waals surface area contributed by atoms with Crippen LogP contribution in [-0.4, -0.2) is 18.6 Å². The summed E-state index contributed by atoms with van der Waals surface area (Å²) >= 11 is 0. The van der Waals surface area contributed by atoms with E-state index in [1.165, 1.54) is 43.4 Å². The lowest BCUT2D eigenvalue weighted by Crippen LogP contribution is -2.38. The molecule has 1 aliphatic heterocycles. The Morgan fingerprint density at radius 2 is 2.00 bits per heavy atom. The molecule has 0 spiro atoms. The van der Waals surface area contributed by atoms with Crippen LogP contribution in [0.1, 0.15) is 30.4 Å². The molecule has 3 rings (SSSR count). The maximum atomic E-state index is 3.63. The third kappa shape index (κ3) is 2.45. The summed E-state index contributed by atoms with van der Waals surface area (Å²) in [6.07, 6.45) is 5.23. The molecule has 0 saturated heterocycles. The molecule has 2 aliphatic rings. The van der Waals surface area contributed by atoms with Crippen LogP contribution in [0, 0.1) is 0 Å². The van der Waals surface area contributed by atoms with Crippen molar-refractivity contribution in [3.8, 4) is 0 Å². The predicted molar refractivity (Wildman–Crippen MR) is 66.4 cm³/mol. The number of hydrogen-bond acceptors (Lipinski definition) is 2. The van der Waals surface area contributed by atoms with E-state index in [1.54, 1.807) is 0 Å². The maximum absolute atomic E-state index is 3.63. The van der Waals surface area contributed by atoms with E-state index in [-0.39, 0.29) is 0 Å². The van der Waals surface area contributed by atoms with Gasteiger partial charge in [0.05, 0.1) is 0 Å². The monoisotopic (exact) mass is 216 g/mol. The van der Waals surface area contributed by atoms with E-state index in [1.807, 2.05) is 0 Å². The Hall–Kier alpha value is -0.860. The number of nitrogens with one attached hydrogen (secondary N) is 2. The van der Waals surface area contributed by atoms with Crippen molar-refractivity contribution in [2.45, 2.75) is 44.3 Å². The molecule has 1 aliphatic carbocycles. The van der Waals surface area contributed by atoms with E-state index >= 15 is 0 Å². The second-order valence-electron chi connectivity index (χ2n) is 5.07. The summed E-state index contributed by atoms with van der Waals surface area (Å²) in [6, 6.07) is 10.3. The topological polar surface area (TPSA) is 24.1 Å². The Morgan fingerprint density at radius 1 is 1.19 bits per heavy atom. The maximum Gasteiger partial charge on any atom is 0.0210 e. The molecule has 0 aromatic heterocycles. The number of hydrogen-bond donors (Lipinski definition) is 2. The van der Waals surface area contributed by atoms with Gasteiger partial charge in [0.25, 0.3) is 0 Å². The molecule has 0 radical (unpaired) electrons. The van der Waals surface area contributed by atoms with Crippen molar-refractivity contribution in [2.24, 2.45) is 0 Å². The van der Waals surface area contributed by atoms with Gasteiger partial charge in [-0.25, -0.2) is 0 Å². The van der Waals surface area contributed by atoms with E-state index < -0.39 is 0 Å². The molecule has 86 valence electrons. The van der Waals surface area contributed by atoms with Crippen molar-refractivity contribution in [3.05, 3.63) is 35.4 Å². The van der Waals surface area contributed by atoms with Crippen molar-refractivity contribution < 1.29 is 0 Å². The van der Waals surface area contributed by atoms with Crippen LogP contribution >= 0.6 is 0 Å². The molecule has 0 bridgehead atoms. The molecule has 1 unspecified atom stereocenters. The second kappa shape index (κ2) is 4.56. The number of benzene rings is 1. The van der Waals surface area contributed by atoms with Crippen LogP contribution in [-0.2, 0) is 13.0 Å². The molecular formula is C14H20N2. The van der Waals surface area contributed by atoms with Crippen molar-refractivity contribution in [1.82, 2.24) is 10.6 Å². The van der Waals surface area contributed by atoms with E-state index in [4.69, 9.17) is 0 Å². The Kier molecular flexibility index (Phi) is 2.94. The molecule has 1 fully saturated rings. The minimum absolute atomic E-state index is 0.668. The fraction of sp³-hybridized carbons (Fsp3) is 0.571. The Labute approximate surface area is 97.4 Å². The van der Waals surface area contributed by atoms with Gasteiger partial charge in [-0.3, -0.25) is 0 Å². The average molecular weight is 216 g/mol. The molecule has 0 amide bonds. The molecule has 16 heavy (non-hydrogen) atoms. The smallest absolute Gasteiger partial charge is 0.0210 e. The van der Waals surface area contributed by atoms with Crippen LogP contribution < -0.4 is 10.6 Å². The van der Waals surface area contributed by atoms with Crippen molar-refractivity contribution >= 4 is 0 Å². The summed E-state index contributed by atoms with van der Waals surface area (Å²) in [7, 11) is 0. The highest BCUT2D eigenvalue weighted by Crippen LogP contribution is 2.20. The van der Waals surface area contributed by atoms with Gasteiger partial charge in [-0.1, -0.05) is 24.3 Å². The lowest BCUT2D eigenvalue weighted by molar-refractivity contribution is 0.438. The molecule has 1 aromatic rings. The first-order valence-corrected chi connectivity index (χ1v) is 6.45. The van der Waals surface area contributed by atoms with E-state index in [0.29, 0.717) is 6.04 Å². The van der Waals surface area contributed by atoms with E-state index in [0.717, 1.165) is 12.6 Å². The predicted octanol–water partition coefficient (Wildman–Crippen LogP) is 1.84. The van der Waals surface area contributed by atoms with E-state index in [9.17, 15) is 0 Å². The SMILES string of the molecule is c1ccc2c(c1)CNC(CCNC1CC1)C2. The molecule has 2 N–H and O–H groups in total. The summed E-state index contributed by atoms with van der Waals surface area (Å²) in [5.41, 5.74) is 3.02. The van der Waals surface area contributed by atoms with Gasteiger partial charge in [0.1, 0.15) is 0 Å². The van der Waals surface area contributed by atoms with Crippen molar-refractivity contribution in [1.29, 1.82) is 0 Å². The van der Waals surface area contributed by atoms with Gasteiger partial charge in [-0.2, -0.15) is 0 Å². The highest BCUT2D eigenvalue weighted by Gasteiger charge is 2.21. The highest BCUT2D eigenvalue weighted by atomic mass is 15.0. The molecule has 1 atom stereocenters. The zero-order chi connectivity index (χ0) is 10.8. The van der Waals surface area contributed by atoms with Gasteiger partial charge in [0, 0.05) is 18.6 Å². The first kappa shape index (κ1) is 10.3. The number of fused-ring (bicyclic) bond motifs is 1. The summed E-state index contributed by atoms with van der Waals surface area (Å²) in [4.78, 5) is 0. The Bertz CT molecular complexity index is 358. The Balaban J connectivity index is 1.51. The summed E-state index contributed by atoms with van der Waals surface area (Å²) in [5.74, 6) is 0. The summed E-state index contributed by atoms with van der Waals surface area (Å²) in [5, 5.41) is 7.22. The minimum Gasteiger partial charge on any atom is -0.314 e. The lowest BCUT2D eigenvalue weighted by atomic mass is 9.94. The number of rotatable bonds is 4. The minimum atomic E-state index is 0.668. The fourth-order valence-electron chi connectivity index (χ4n) is 2.47.